The molecule has 0 atom stereocenters. The lowest BCUT2D eigenvalue weighted by atomic mass is 9.99. The number of hydrogen-bond donors (Lipinski definition) is 0. The average molecular weight is 759 g/mol. The molecule has 0 amide bonds. The van der Waals surface area contributed by atoms with Crippen molar-refractivity contribution in [1.82, 2.24) is 0 Å². The van der Waals surface area contributed by atoms with Gasteiger partial charge in [0, 0.05) is 35.1 Å². The van der Waals surface area contributed by atoms with Crippen LogP contribution in [0.1, 0.15) is 16.7 Å². The molecule has 0 saturated carbocycles. The zero-order valence-corrected chi connectivity index (χ0v) is 32.2. The Morgan fingerprint density at radius 1 is 0.528 bits per heavy atom. The van der Waals surface area contributed by atoms with Gasteiger partial charge in [-0.15, -0.1) is 11.3 Å². The molecule has 0 aliphatic rings. The summed E-state index contributed by atoms with van der Waals surface area (Å²) in [4.78, 5) is 5.15. The van der Waals surface area contributed by atoms with Crippen LogP contribution in [0.15, 0.2) is 24.3 Å². The maximum absolute atomic E-state index is 9.74. The van der Waals surface area contributed by atoms with Gasteiger partial charge in [0.1, 0.15) is 23.0 Å². The van der Waals surface area contributed by atoms with Crippen LogP contribution in [0.4, 0.5) is 5.69 Å². The molecule has 53 heavy (non-hydrogen) atoms. The fourth-order valence-corrected chi connectivity index (χ4v) is 6.53. The first kappa shape index (κ1) is 43.4. The van der Waals surface area contributed by atoms with E-state index in [1.807, 2.05) is 0 Å². The lowest BCUT2D eigenvalue weighted by Crippen LogP contribution is -2.12. The fourth-order valence-electron chi connectivity index (χ4n) is 5.11. The number of nitrogens with zero attached hydrogens (tertiary/aromatic N) is 2. The third-order valence-electron chi connectivity index (χ3n) is 7.67. The third-order valence-corrected chi connectivity index (χ3v) is 8.98. The first-order chi connectivity index (χ1) is 26.0. The van der Waals surface area contributed by atoms with E-state index >= 15 is 0 Å². The third kappa shape index (κ3) is 13.1. The van der Waals surface area contributed by atoms with E-state index < -0.39 is 0 Å². The Morgan fingerprint density at radius 3 is 1.19 bits per heavy atom. The van der Waals surface area contributed by atoms with Crippen molar-refractivity contribution in [2.45, 2.75) is 13.2 Å². The summed E-state index contributed by atoms with van der Waals surface area (Å²) in [6, 6.07) is 8.86. The lowest BCUT2D eigenvalue weighted by molar-refractivity contribution is -0.00150. The van der Waals surface area contributed by atoms with E-state index in [4.69, 9.17) is 63.4 Å². The summed E-state index contributed by atoms with van der Waals surface area (Å²) in [5, 5.41) is 9.74. The molecule has 3 rings (SSSR count). The van der Waals surface area contributed by atoms with Crippen LogP contribution in [0.2, 0.25) is 0 Å². The number of methoxy groups -OCH3 is 6. The van der Waals surface area contributed by atoms with Crippen molar-refractivity contribution >= 4 is 17.0 Å². The molecule has 14 nitrogen and oxygen atoms in total. The molecule has 290 valence electrons. The summed E-state index contributed by atoms with van der Waals surface area (Å²) in [6.45, 7) is 13.1. The number of nitriles is 1. The molecule has 0 spiro atoms. The SMILES string of the molecule is [C-]#[N+]c1cc(OC)c(-c2sc(-c3c(OC)cc(C#N)cc3OC)c(COCCOCCOCCOC)c2COCCOCCOCCOC)c(OC)c1. The van der Waals surface area contributed by atoms with Crippen LogP contribution in [0.25, 0.3) is 25.7 Å². The molecule has 1 aromatic heterocycles. The summed E-state index contributed by atoms with van der Waals surface area (Å²) in [5.41, 5.74) is 3.64. The molecular formula is C38H50N2O12S. The molecule has 0 fully saturated rings. The maximum Gasteiger partial charge on any atom is 0.194 e. The predicted molar refractivity (Wildman–Crippen MR) is 199 cm³/mol. The molecule has 0 aliphatic heterocycles. The van der Waals surface area contributed by atoms with Crippen molar-refractivity contribution in [3.63, 3.8) is 0 Å². The van der Waals surface area contributed by atoms with Gasteiger partial charge >= 0.3 is 0 Å². The first-order valence-corrected chi connectivity index (χ1v) is 17.7. The molecule has 2 aromatic carbocycles. The fraction of sp³-hybridized carbons (Fsp3) is 0.526. The summed E-state index contributed by atoms with van der Waals surface area (Å²) < 4.78 is 68.2. The van der Waals surface area contributed by atoms with Gasteiger partial charge in [0.15, 0.2) is 5.69 Å². The second kappa shape index (κ2) is 25.1. The minimum absolute atomic E-state index is 0.171. The van der Waals surface area contributed by atoms with E-state index in [0.29, 0.717) is 125 Å². The summed E-state index contributed by atoms with van der Waals surface area (Å²) >= 11 is 1.44. The Labute approximate surface area is 316 Å². The number of benzene rings is 2. The predicted octanol–water partition coefficient (Wildman–Crippen LogP) is 5.93. The minimum Gasteiger partial charge on any atom is -0.497 e. The Balaban J connectivity index is 2.05. The molecule has 0 unspecified atom stereocenters. The molecular weight excluding hydrogens is 708 g/mol. The highest BCUT2D eigenvalue weighted by atomic mass is 32.1. The number of ether oxygens (including phenoxy) is 12. The van der Waals surface area contributed by atoms with Gasteiger partial charge in [0.2, 0.25) is 0 Å². The van der Waals surface area contributed by atoms with Crippen LogP contribution in [0.3, 0.4) is 0 Å². The van der Waals surface area contributed by atoms with Gasteiger partial charge in [-0.2, -0.15) is 5.26 Å². The van der Waals surface area contributed by atoms with Crippen LogP contribution in [0, 0.1) is 17.9 Å². The molecule has 0 aliphatic carbocycles. The zero-order chi connectivity index (χ0) is 38.3. The lowest BCUT2D eigenvalue weighted by Gasteiger charge is -2.16. The van der Waals surface area contributed by atoms with Crippen molar-refractivity contribution in [1.29, 1.82) is 5.26 Å². The standard InChI is InChI=1S/C38H50N2O12S/c1-40-28-22-33(45-6)36(34(23-28)46-7)38-30(26-52-19-17-50-15-13-48-11-9-42-3)29(25-51-18-16-49-14-12-47-10-8-41-2)37(53-38)35-31(43-4)20-27(24-39)21-32(35)44-5/h20-23H,8-19,25-26H2,2-7H3. The van der Waals surface area contributed by atoms with Crippen molar-refractivity contribution in [3.05, 3.63) is 52.4 Å². The highest BCUT2D eigenvalue weighted by molar-refractivity contribution is 7.19. The number of hydrogen-bond acceptors (Lipinski definition) is 14. The van der Waals surface area contributed by atoms with Crippen molar-refractivity contribution in [2.75, 3.05) is 122 Å². The van der Waals surface area contributed by atoms with Crippen molar-refractivity contribution < 1.29 is 56.8 Å². The van der Waals surface area contributed by atoms with Crippen LogP contribution in [0.5, 0.6) is 23.0 Å². The van der Waals surface area contributed by atoms with Gasteiger partial charge in [-0.3, -0.25) is 0 Å². The van der Waals surface area contributed by atoms with Crippen LogP contribution in [-0.4, -0.2) is 122 Å². The largest absolute Gasteiger partial charge is 0.497 e. The maximum atomic E-state index is 9.74. The quantitative estimate of drug-likeness (QED) is 0.0639. The van der Waals surface area contributed by atoms with Gasteiger partial charge in [-0.1, -0.05) is 0 Å². The van der Waals surface area contributed by atoms with Crippen LogP contribution in [-0.2, 0) is 51.1 Å². The second-order valence-corrected chi connectivity index (χ2v) is 12.0. The Morgan fingerprint density at radius 2 is 0.868 bits per heavy atom. The number of thiophene rings is 1. The van der Waals surface area contributed by atoms with Crippen molar-refractivity contribution in [2.24, 2.45) is 0 Å². The Bertz CT molecular complexity index is 1450. The highest BCUT2D eigenvalue weighted by Gasteiger charge is 2.29. The Kier molecular flexibility index (Phi) is 20.6. The summed E-state index contributed by atoms with van der Waals surface area (Å²) in [5.74, 6) is 1.80. The Hall–Kier alpha value is -4.00. The molecule has 0 bridgehead atoms. The van der Waals surface area contributed by atoms with Crippen molar-refractivity contribution in [3.8, 4) is 49.9 Å². The van der Waals surface area contributed by atoms with E-state index in [1.54, 1.807) is 66.9 Å². The molecule has 3 aromatic rings. The van der Waals surface area contributed by atoms with Gasteiger partial charge in [-0.25, -0.2) is 4.85 Å². The summed E-state index contributed by atoms with van der Waals surface area (Å²) in [6.07, 6.45) is 0. The average Bonchev–Trinajstić information content (AvgIpc) is 3.54. The van der Waals surface area contributed by atoms with E-state index in [1.165, 1.54) is 11.3 Å². The smallest absolute Gasteiger partial charge is 0.194 e. The molecule has 0 N–H and O–H groups in total. The normalized spacial score (nSPS) is 10.9. The van der Waals surface area contributed by atoms with E-state index in [0.717, 1.165) is 20.9 Å². The molecule has 1 heterocycles. The molecule has 0 saturated heterocycles. The molecule has 15 heteroatoms. The first-order valence-electron chi connectivity index (χ1n) is 16.9. The highest BCUT2D eigenvalue weighted by Crippen LogP contribution is 2.53. The zero-order valence-electron chi connectivity index (χ0n) is 31.4. The van der Waals surface area contributed by atoms with Gasteiger partial charge in [0.25, 0.3) is 0 Å². The monoisotopic (exact) mass is 758 g/mol. The van der Waals surface area contributed by atoms with Gasteiger partial charge < -0.3 is 56.8 Å². The van der Waals surface area contributed by atoms with Crippen LogP contribution >= 0.6 is 11.3 Å². The summed E-state index contributed by atoms with van der Waals surface area (Å²) in [7, 11) is 9.44. The van der Waals surface area contributed by atoms with E-state index in [9.17, 15) is 5.26 Å². The van der Waals surface area contributed by atoms with Gasteiger partial charge in [-0.05, 0) is 24.3 Å². The second-order valence-electron chi connectivity index (χ2n) is 11.0. The molecule has 0 radical (unpaired) electrons. The van der Waals surface area contributed by atoms with E-state index in [2.05, 4.69) is 10.9 Å². The minimum atomic E-state index is 0.171. The van der Waals surface area contributed by atoms with Gasteiger partial charge in [0.05, 0.1) is 150 Å². The van der Waals surface area contributed by atoms with Crippen LogP contribution < -0.4 is 18.9 Å². The van der Waals surface area contributed by atoms with E-state index in [-0.39, 0.29) is 13.2 Å². The number of rotatable bonds is 28. The topological polar surface area (TPSA) is 139 Å².